The molecule has 1 unspecified atom stereocenters. The molecule has 1 atom stereocenters. The zero-order valence-electron chi connectivity index (χ0n) is 9.64. The Morgan fingerprint density at radius 3 is 2.47 bits per heavy atom. The van der Waals surface area contributed by atoms with Crippen LogP contribution in [0, 0.1) is 17.5 Å². The number of rotatable bonds is 2. The van der Waals surface area contributed by atoms with E-state index in [0.29, 0.717) is 5.69 Å². The van der Waals surface area contributed by atoms with E-state index >= 15 is 0 Å². The Labute approximate surface area is 98.4 Å². The molecule has 1 saturated heterocycles. The summed E-state index contributed by atoms with van der Waals surface area (Å²) in [4.78, 5) is 2.15. The second-order valence-corrected chi connectivity index (χ2v) is 4.50. The number of anilines is 1. The van der Waals surface area contributed by atoms with Gasteiger partial charge in [-0.25, -0.2) is 13.2 Å². The zero-order valence-corrected chi connectivity index (χ0v) is 9.64. The van der Waals surface area contributed by atoms with Crippen LogP contribution in [0.5, 0.6) is 0 Å². The van der Waals surface area contributed by atoms with Crippen LogP contribution in [0.4, 0.5) is 18.9 Å². The summed E-state index contributed by atoms with van der Waals surface area (Å²) < 4.78 is 38.8. The summed E-state index contributed by atoms with van der Waals surface area (Å²) in [5.41, 5.74) is 0.293. The summed E-state index contributed by atoms with van der Waals surface area (Å²) in [7, 11) is 2.00. The maximum absolute atomic E-state index is 13.0. The molecule has 1 aliphatic rings. The summed E-state index contributed by atoms with van der Waals surface area (Å²) in [6, 6.07) is 2.14. The number of hydrogen-bond acceptors (Lipinski definition) is 2. The Morgan fingerprint density at radius 2 is 1.88 bits per heavy atom. The lowest BCUT2D eigenvalue weighted by Gasteiger charge is -2.30. The van der Waals surface area contributed by atoms with E-state index in [1.807, 2.05) is 7.05 Å². The molecule has 1 N–H and O–H groups in total. The second kappa shape index (κ2) is 4.96. The van der Waals surface area contributed by atoms with Gasteiger partial charge in [-0.3, -0.25) is 0 Å². The molecule has 1 heterocycles. The summed E-state index contributed by atoms with van der Waals surface area (Å²) in [5, 5.41) is 3.03. The molecule has 0 bridgehead atoms. The van der Waals surface area contributed by atoms with Crippen LogP contribution < -0.4 is 5.32 Å². The molecule has 1 aromatic rings. The first-order chi connectivity index (χ1) is 8.06. The molecular weight excluding hydrogens is 229 g/mol. The van der Waals surface area contributed by atoms with Gasteiger partial charge in [-0.1, -0.05) is 0 Å². The molecule has 2 rings (SSSR count). The van der Waals surface area contributed by atoms with Crippen LogP contribution in [0.1, 0.15) is 12.8 Å². The quantitative estimate of drug-likeness (QED) is 0.804. The third-order valence-corrected chi connectivity index (χ3v) is 2.98. The zero-order chi connectivity index (χ0) is 12.4. The molecule has 1 fully saturated rings. The monoisotopic (exact) mass is 244 g/mol. The molecule has 0 spiro atoms. The van der Waals surface area contributed by atoms with Crippen molar-refractivity contribution < 1.29 is 13.2 Å². The molecule has 1 aliphatic heterocycles. The van der Waals surface area contributed by atoms with Crippen molar-refractivity contribution in [1.82, 2.24) is 4.90 Å². The van der Waals surface area contributed by atoms with Gasteiger partial charge >= 0.3 is 0 Å². The number of likely N-dealkylation sites (tertiary alicyclic amines) is 1. The maximum atomic E-state index is 13.0. The van der Waals surface area contributed by atoms with E-state index in [1.54, 1.807) is 0 Å². The highest BCUT2D eigenvalue weighted by Crippen LogP contribution is 2.20. The van der Waals surface area contributed by atoms with Crippen molar-refractivity contribution in [2.45, 2.75) is 18.9 Å². The van der Waals surface area contributed by atoms with Crippen LogP contribution in [0.3, 0.4) is 0 Å². The van der Waals surface area contributed by atoms with E-state index in [4.69, 9.17) is 0 Å². The summed E-state index contributed by atoms with van der Waals surface area (Å²) >= 11 is 0. The summed E-state index contributed by atoms with van der Waals surface area (Å²) in [5.74, 6) is -3.73. The van der Waals surface area contributed by atoms with E-state index in [1.165, 1.54) is 0 Å². The van der Waals surface area contributed by atoms with Crippen molar-refractivity contribution in [3.63, 3.8) is 0 Å². The van der Waals surface area contributed by atoms with E-state index in [0.717, 1.165) is 38.1 Å². The molecule has 94 valence electrons. The number of hydrogen-bond donors (Lipinski definition) is 1. The summed E-state index contributed by atoms with van der Waals surface area (Å²) in [6.45, 7) is 1.85. The van der Waals surface area contributed by atoms with Crippen molar-refractivity contribution in [2.75, 3.05) is 25.5 Å². The smallest absolute Gasteiger partial charge is 0.194 e. The van der Waals surface area contributed by atoms with Gasteiger partial charge in [-0.15, -0.1) is 0 Å². The van der Waals surface area contributed by atoms with Crippen molar-refractivity contribution in [1.29, 1.82) is 0 Å². The Hall–Kier alpha value is -1.23. The van der Waals surface area contributed by atoms with Crippen LogP contribution in [0.25, 0.3) is 0 Å². The average Bonchev–Trinajstić information content (AvgIpc) is 2.26. The number of halogens is 3. The van der Waals surface area contributed by atoms with Crippen LogP contribution >= 0.6 is 0 Å². The van der Waals surface area contributed by atoms with E-state index in [9.17, 15) is 13.2 Å². The molecule has 17 heavy (non-hydrogen) atoms. The predicted molar refractivity (Wildman–Crippen MR) is 60.5 cm³/mol. The lowest BCUT2D eigenvalue weighted by molar-refractivity contribution is 0.261. The van der Waals surface area contributed by atoms with Gasteiger partial charge in [0, 0.05) is 30.4 Å². The van der Waals surface area contributed by atoms with Crippen molar-refractivity contribution in [2.24, 2.45) is 0 Å². The van der Waals surface area contributed by atoms with Gasteiger partial charge in [0.1, 0.15) is 0 Å². The molecular formula is C12H15F3N2. The highest BCUT2D eigenvalue weighted by molar-refractivity contribution is 5.45. The molecule has 0 aliphatic carbocycles. The van der Waals surface area contributed by atoms with Gasteiger partial charge in [0.25, 0.3) is 0 Å². The second-order valence-electron chi connectivity index (χ2n) is 4.50. The molecule has 0 saturated carbocycles. The van der Waals surface area contributed by atoms with Gasteiger partial charge < -0.3 is 10.2 Å². The van der Waals surface area contributed by atoms with E-state index in [2.05, 4.69) is 10.2 Å². The topological polar surface area (TPSA) is 15.3 Å². The molecule has 0 aromatic heterocycles. The van der Waals surface area contributed by atoms with Crippen molar-refractivity contribution in [3.05, 3.63) is 29.6 Å². The van der Waals surface area contributed by atoms with Crippen LogP contribution in [0.2, 0.25) is 0 Å². The third kappa shape index (κ3) is 2.91. The minimum atomic E-state index is -1.42. The lowest BCUT2D eigenvalue weighted by atomic mass is 10.1. The highest BCUT2D eigenvalue weighted by Gasteiger charge is 2.18. The number of benzene rings is 1. The highest BCUT2D eigenvalue weighted by atomic mass is 19.2. The van der Waals surface area contributed by atoms with Gasteiger partial charge in [-0.05, 0) is 26.4 Å². The number of nitrogens with one attached hydrogen (secondary N) is 1. The summed E-state index contributed by atoms with van der Waals surface area (Å²) in [6.07, 6.45) is 1.99. The Morgan fingerprint density at radius 1 is 1.24 bits per heavy atom. The molecule has 2 nitrogen and oxygen atoms in total. The fraction of sp³-hybridized carbons (Fsp3) is 0.500. The molecule has 5 heteroatoms. The average molecular weight is 244 g/mol. The van der Waals surface area contributed by atoms with Gasteiger partial charge in [-0.2, -0.15) is 0 Å². The Bertz CT molecular complexity index is 386. The van der Waals surface area contributed by atoms with Gasteiger partial charge in [0.15, 0.2) is 17.5 Å². The Balaban J connectivity index is 2.08. The lowest BCUT2D eigenvalue weighted by Crippen LogP contribution is -2.39. The minimum absolute atomic E-state index is 0.151. The minimum Gasteiger partial charge on any atom is -0.381 e. The van der Waals surface area contributed by atoms with Crippen LogP contribution in [0.15, 0.2) is 12.1 Å². The fourth-order valence-electron chi connectivity index (χ4n) is 2.16. The normalized spacial score (nSPS) is 21.5. The SMILES string of the molecule is CN1CCCC(Nc2cc(F)c(F)c(F)c2)C1. The molecule has 1 aromatic carbocycles. The standard InChI is InChI=1S/C12H15F3N2/c1-17-4-2-3-8(7-17)16-9-5-10(13)12(15)11(14)6-9/h5-6,8,16H,2-4,7H2,1H3. The number of likely N-dealkylation sites (N-methyl/N-ethyl adjacent to an activating group) is 1. The van der Waals surface area contributed by atoms with E-state index < -0.39 is 17.5 Å². The van der Waals surface area contributed by atoms with Gasteiger partial charge in [0.05, 0.1) is 0 Å². The fourth-order valence-corrected chi connectivity index (χ4v) is 2.16. The number of piperidine rings is 1. The maximum Gasteiger partial charge on any atom is 0.194 e. The molecule has 0 amide bonds. The van der Waals surface area contributed by atoms with Crippen molar-refractivity contribution in [3.8, 4) is 0 Å². The third-order valence-electron chi connectivity index (χ3n) is 2.98. The van der Waals surface area contributed by atoms with E-state index in [-0.39, 0.29) is 6.04 Å². The van der Waals surface area contributed by atoms with Crippen LogP contribution in [-0.4, -0.2) is 31.1 Å². The molecule has 0 radical (unpaired) electrons. The number of nitrogens with zero attached hydrogens (tertiary/aromatic N) is 1. The first-order valence-corrected chi connectivity index (χ1v) is 5.66. The first-order valence-electron chi connectivity index (χ1n) is 5.66. The first kappa shape index (κ1) is 12.2. The van der Waals surface area contributed by atoms with Crippen LogP contribution in [-0.2, 0) is 0 Å². The van der Waals surface area contributed by atoms with Gasteiger partial charge in [0.2, 0.25) is 0 Å². The Kier molecular flexibility index (Phi) is 3.57. The van der Waals surface area contributed by atoms with Crippen molar-refractivity contribution >= 4 is 5.69 Å². The predicted octanol–water partition coefficient (Wildman–Crippen LogP) is 2.61. The largest absolute Gasteiger partial charge is 0.381 e.